The van der Waals surface area contributed by atoms with Crippen molar-refractivity contribution in [2.24, 2.45) is 10.9 Å². The van der Waals surface area contributed by atoms with Crippen LogP contribution in [0.15, 0.2) is 23.2 Å². The SMILES string of the molecule is C1CCC2CCCCC2=NC1.CC.FC1(F)CCC(NCCCCNCC2Cc3c(cccc3N3CCOCC3)CN2)CC1. The summed E-state index contributed by atoms with van der Waals surface area (Å²) in [6, 6.07) is 7.42. The highest BCUT2D eigenvalue weighted by Crippen LogP contribution is 2.33. The minimum atomic E-state index is -2.43. The van der Waals surface area contributed by atoms with E-state index >= 15 is 0 Å². The van der Waals surface area contributed by atoms with Gasteiger partial charge in [-0.25, -0.2) is 8.78 Å². The molecule has 2 saturated carbocycles. The smallest absolute Gasteiger partial charge is 0.248 e. The molecule has 44 heavy (non-hydrogen) atoms. The lowest BCUT2D eigenvalue weighted by Gasteiger charge is -2.34. The lowest BCUT2D eigenvalue weighted by Crippen LogP contribution is -2.44. The molecule has 0 radical (unpaired) electrons. The number of benzene rings is 1. The van der Waals surface area contributed by atoms with Gasteiger partial charge >= 0.3 is 0 Å². The van der Waals surface area contributed by atoms with Gasteiger partial charge in [-0.3, -0.25) is 4.99 Å². The number of ether oxygens (including phenoxy) is 1. The van der Waals surface area contributed by atoms with Gasteiger partial charge in [-0.15, -0.1) is 0 Å². The molecule has 1 saturated heterocycles. The fourth-order valence-corrected chi connectivity index (χ4v) is 7.35. The second-order valence-corrected chi connectivity index (χ2v) is 13.1. The van der Waals surface area contributed by atoms with Crippen molar-refractivity contribution in [3.8, 4) is 0 Å². The molecule has 3 N–H and O–H groups in total. The maximum Gasteiger partial charge on any atom is 0.248 e. The number of nitrogens with zero attached hydrogens (tertiary/aromatic N) is 2. The van der Waals surface area contributed by atoms with E-state index in [0.29, 0.717) is 18.9 Å². The van der Waals surface area contributed by atoms with Gasteiger partial charge in [0, 0.05) is 69.0 Å². The first-order chi connectivity index (χ1) is 21.6. The summed E-state index contributed by atoms with van der Waals surface area (Å²) in [4.78, 5) is 7.13. The van der Waals surface area contributed by atoms with Gasteiger partial charge in [-0.1, -0.05) is 38.8 Å². The summed E-state index contributed by atoms with van der Waals surface area (Å²) >= 11 is 0. The van der Waals surface area contributed by atoms with E-state index < -0.39 is 5.92 Å². The van der Waals surface area contributed by atoms with Crippen LogP contribution in [0.1, 0.15) is 108 Å². The number of aliphatic imine (C=N–C) groups is 1. The lowest BCUT2D eigenvalue weighted by molar-refractivity contribution is -0.0403. The predicted molar refractivity (Wildman–Crippen MR) is 181 cm³/mol. The van der Waals surface area contributed by atoms with E-state index in [1.165, 1.54) is 61.8 Å². The number of fused-ring (bicyclic) bond motifs is 2. The molecule has 250 valence electrons. The first-order valence-corrected chi connectivity index (χ1v) is 18.1. The van der Waals surface area contributed by atoms with Crippen molar-refractivity contribution in [1.82, 2.24) is 16.0 Å². The summed E-state index contributed by atoms with van der Waals surface area (Å²) in [6.07, 6.45) is 14.3. The highest BCUT2D eigenvalue weighted by atomic mass is 19.3. The molecule has 0 bridgehead atoms. The van der Waals surface area contributed by atoms with Crippen molar-refractivity contribution in [1.29, 1.82) is 0 Å². The van der Waals surface area contributed by atoms with Crippen molar-refractivity contribution in [2.75, 3.05) is 57.4 Å². The van der Waals surface area contributed by atoms with Crippen LogP contribution in [-0.2, 0) is 17.7 Å². The number of halogens is 2. The molecule has 0 amide bonds. The van der Waals surface area contributed by atoms with Crippen molar-refractivity contribution < 1.29 is 13.5 Å². The van der Waals surface area contributed by atoms with Crippen LogP contribution in [0.2, 0.25) is 0 Å². The molecule has 2 unspecified atom stereocenters. The number of unbranched alkanes of at least 4 members (excludes halogenated alkanes) is 1. The van der Waals surface area contributed by atoms with E-state index in [9.17, 15) is 8.78 Å². The standard InChI is InChI=1S/C24H38F2N4O.C10H17N.C2H6/c25-24(26)8-6-20(7-9-24)28-11-2-1-10-27-18-21-16-22-19(17-29-21)4-3-5-23(22)30-12-14-31-15-13-30;1-2-7-10-9(5-1)6-3-4-8-11-10;1-2/h3-5,20-21,27-29H,1-2,6-18H2;9H,1-8H2;1-2H3. The Labute approximate surface area is 266 Å². The molecular weight excluding hydrogens is 556 g/mol. The van der Waals surface area contributed by atoms with Gasteiger partial charge in [-0.05, 0) is 100 Å². The van der Waals surface area contributed by atoms with Crippen LogP contribution in [0, 0.1) is 5.92 Å². The predicted octanol–water partition coefficient (Wildman–Crippen LogP) is 6.90. The molecule has 3 aliphatic heterocycles. The lowest BCUT2D eigenvalue weighted by atomic mass is 9.84. The molecule has 8 heteroatoms. The van der Waals surface area contributed by atoms with E-state index in [1.807, 2.05) is 13.8 Å². The van der Waals surface area contributed by atoms with Crippen LogP contribution >= 0.6 is 0 Å². The van der Waals surface area contributed by atoms with Gasteiger partial charge in [0.15, 0.2) is 0 Å². The normalized spacial score (nSPS) is 25.2. The first kappa shape index (κ1) is 35.2. The monoisotopic (exact) mass is 617 g/mol. The second-order valence-electron chi connectivity index (χ2n) is 13.1. The molecule has 2 aliphatic carbocycles. The van der Waals surface area contributed by atoms with Gasteiger partial charge < -0.3 is 25.6 Å². The van der Waals surface area contributed by atoms with Gasteiger partial charge in [-0.2, -0.15) is 0 Å². The average Bonchev–Trinajstić information content (AvgIpc) is 3.32. The number of rotatable bonds is 9. The van der Waals surface area contributed by atoms with E-state index in [0.717, 1.165) is 84.2 Å². The zero-order valence-corrected chi connectivity index (χ0v) is 27.8. The van der Waals surface area contributed by atoms with E-state index in [4.69, 9.17) is 4.74 Å². The van der Waals surface area contributed by atoms with Crippen LogP contribution in [0.5, 0.6) is 0 Å². The Balaban J connectivity index is 0.000000282. The second kappa shape index (κ2) is 19.1. The Kier molecular flexibility index (Phi) is 15.3. The number of morpholine rings is 1. The van der Waals surface area contributed by atoms with Crippen LogP contribution in [-0.4, -0.2) is 76.2 Å². The Bertz CT molecular complexity index is 973. The average molecular weight is 618 g/mol. The Morgan fingerprint density at radius 3 is 2.52 bits per heavy atom. The number of alkyl halides is 2. The first-order valence-electron chi connectivity index (χ1n) is 18.1. The Morgan fingerprint density at radius 1 is 0.977 bits per heavy atom. The van der Waals surface area contributed by atoms with E-state index in [-0.39, 0.29) is 18.9 Å². The molecular formula is C36H61F2N5O. The topological polar surface area (TPSA) is 60.9 Å². The summed E-state index contributed by atoms with van der Waals surface area (Å²) in [5.74, 6) is -1.54. The maximum absolute atomic E-state index is 13.2. The quantitative estimate of drug-likeness (QED) is 0.263. The summed E-state index contributed by atoms with van der Waals surface area (Å²) < 4.78 is 31.9. The molecule has 1 aromatic rings. The minimum Gasteiger partial charge on any atom is -0.378 e. The maximum atomic E-state index is 13.2. The molecule has 0 spiro atoms. The largest absolute Gasteiger partial charge is 0.378 e. The van der Waals surface area contributed by atoms with Crippen LogP contribution in [0.25, 0.3) is 0 Å². The highest BCUT2D eigenvalue weighted by molar-refractivity contribution is 5.87. The minimum absolute atomic E-state index is 0.0387. The Hall–Kier alpha value is -1.61. The van der Waals surface area contributed by atoms with E-state index in [2.05, 4.69) is 44.0 Å². The molecule has 5 aliphatic rings. The summed E-state index contributed by atoms with van der Waals surface area (Å²) in [5, 5.41) is 10.7. The zero-order chi connectivity index (χ0) is 31.0. The van der Waals surface area contributed by atoms with Gasteiger partial charge in [0.25, 0.3) is 0 Å². The molecule has 3 heterocycles. The van der Waals surface area contributed by atoms with Crippen LogP contribution in [0.4, 0.5) is 14.5 Å². The van der Waals surface area contributed by atoms with Crippen molar-refractivity contribution in [3.63, 3.8) is 0 Å². The van der Waals surface area contributed by atoms with E-state index in [1.54, 1.807) is 5.71 Å². The number of hydrogen-bond acceptors (Lipinski definition) is 6. The summed E-state index contributed by atoms with van der Waals surface area (Å²) in [6.45, 7) is 12.5. The number of anilines is 1. The molecule has 0 aromatic heterocycles. The third kappa shape index (κ3) is 11.3. The van der Waals surface area contributed by atoms with Crippen LogP contribution < -0.4 is 20.9 Å². The van der Waals surface area contributed by atoms with Gasteiger partial charge in [0.1, 0.15) is 0 Å². The fourth-order valence-electron chi connectivity index (χ4n) is 7.35. The summed E-state index contributed by atoms with van der Waals surface area (Å²) in [5.41, 5.74) is 5.87. The van der Waals surface area contributed by atoms with Gasteiger partial charge in [0.05, 0.1) is 13.2 Å². The number of nitrogens with one attached hydrogen (secondary N) is 3. The van der Waals surface area contributed by atoms with Crippen molar-refractivity contribution in [2.45, 2.75) is 128 Å². The number of hydrogen-bond donors (Lipinski definition) is 3. The Morgan fingerprint density at radius 2 is 1.73 bits per heavy atom. The molecule has 6 nitrogen and oxygen atoms in total. The third-order valence-corrected chi connectivity index (χ3v) is 9.94. The third-order valence-electron chi connectivity index (χ3n) is 9.94. The van der Waals surface area contributed by atoms with Crippen molar-refractivity contribution >= 4 is 11.4 Å². The fraction of sp³-hybridized carbons (Fsp3) is 0.806. The van der Waals surface area contributed by atoms with Crippen molar-refractivity contribution in [3.05, 3.63) is 29.3 Å². The van der Waals surface area contributed by atoms with Crippen LogP contribution in [0.3, 0.4) is 0 Å². The molecule has 1 aromatic carbocycles. The molecule has 6 rings (SSSR count). The summed E-state index contributed by atoms with van der Waals surface area (Å²) in [7, 11) is 0. The zero-order valence-electron chi connectivity index (χ0n) is 27.8. The molecule has 3 fully saturated rings. The molecule has 2 atom stereocenters. The highest BCUT2D eigenvalue weighted by Gasteiger charge is 2.34. The van der Waals surface area contributed by atoms with Gasteiger partial charge in [0.2, 0.25) is 5.92 Å².